The van der Waals surface area contributed by atoms with Crippen molar-refractivity contribution in [3.63, 3.8) is 0 Å². The highest BCUT2D eigenvalue weighted by Gasteiger charge is 1.80. The average Bonchev–Trinajstić information content (AvgIpc) is 2.07. The Bertz CT molecular complexity index is 179. The predicted octanol–water partition coefficient (Wildman–Crippen LogP) is 3.32. The molecule has 0 saturated carbocycles. The minimum atomic E-state index is 0.822. The van der Waals surface area contributed by atoms with E-state index in [2.05, 4.69) is 20.8 Å². The minimum Gasteiger partial charge on any atom is -0.399 e. The normalized spacial score (nSPS) is 9.00. The number of anilines is 1. The predicted molar refractivity (Wildman–Crippen MR) is 56.0 cm³/mol. The first-order valence-electron chi connectivity index (χ1n) is 4.47. The summed E-state index contributed by atoms with van der Waals surface area (Å²) in [5, 5.41) is 0. The van der Waals surface area contributed by atoms with Crippen LogP contribution in [0.5, 0.6) is 0 Å². The molecule has 0 amide bonds. The van der Waals surface area contributed by atoms with Gasteiger partial charge in [-0.3, -0.25) is 0 Å². The second kappa shape index (κ2) is 6.71. The van der Waals surface area contributed by atoms with Crippen LogP contribution >= 0.6 is 0 Å². The van der Waals surface area contributed by atoms with E-state index in [0.717, 1.165) is 11.6 Å². The summed E-state index contributed by atoms with van der Waals surface area (Å²) in [6, 6.07) is 9.49. The Morgan fingerprint density at radius 2 is 1.58 bits per heavy atom. The number of rotatable bonds is 1. The highest BCUT2D eigenvalue weighted by Crippen LogP contribution is 1.96. The summed E-state index contributed by atoms with van der Waals surface area (Å²) in [7, 11) is 0. The van der Waals surface area contributed by atoms with Crippen LogP contribution in [0.25, 0.3) is 0 Å². The monoisotopic (exact) mass is 165 g/mol. The lowest BCUT2D eigenvalue weighted by Crippen LogP contribution is -1.79. The lowest BCUT2D eigenvalue weighted by Gasteiger charge is -1.90. The van der Waals surface area contributed by atoms with Gasteiger partial charge >= 0.3 is 0 Å². The van der Waals surface area contributed by atoms with Crippen LogP contribution in [0.4, 0.5) is 5.69 Å². The number of nitrogen functional groups attached to an aromatic ring is 1. The molecule has 12 heavy (non-hydrogen) atoms. The van der Waals surface area contributed by atoms with Gasteiger partial charge in [-0.15, -0.1) is 0 Å². The molecule has 1 aromatic carbocycles. The highest BCUT2D eigenvalue weighted by molar-refractivity contribution is 5.35. The van der Waals surface area contributed by atoms with Crippen molar-refractivity contribution in [3.05, 3.63) is 30.3 Å². The van der Waals surface area contributed by atoms with Gasteiger partial charge in [0, 0.05) is 5.69 Å². The van der Waals surface area contributed by atoms with Crippen LogP contribution in [0, 0.1) is 5.92 Å². The van der Waals surface area contributed by atoms with Crippen LogP contribution in [0.1, 0.15) is 27.2 Å². The lowest BCUT2D eigenvalue weighted by atomic mass is 10.2. The number of benzene rings is 1. The second-order valence-corrected chi connectivity index (χ2v) is 3.21. The molecule has 2 N–H and O–H groups in total. The van der Waals surface area contributed by atoms with E-state index in [4.69, 9.17) is 5.73 Å². The van der Waals surface area contributed by atoms with Gasteiger partial charge < -0.3 is 5.73 Å². The van der Waals surface area contributed by atoms with Gasteiger partial charge in [-0.25, -0.2) is 0 Å². The molecule has 1 aromatic rings. The summed E-state index contributed by atoms with van der Waals surface area (Å²) in [4.78, 5) is 0. The molecule has 0 unspecified atom stereocenters. The maximum absolute atomic E-state index is 5.36. The highest BCUT2D eigenvalue weighted by atomic mass is 14.5. The van der Waals surface area contributed by atoms with Crippen molar-refractivity contribution in [3.8, 4) is 0 Å². The smallest absolute Gasteiger partial charge is 0.0313 e. The molecular formula is C11H19N. The minimum absolute atomic E-state index is 0.822. The van der Waals surface area contributed by atoms with Gasteiger partial charge in [0.05, 0.1) is 0 Å². The molecule has 0 aromatic heterocycles. The average molecular weight is 165 g/mol. The van der Waals surface area contributed by atoms with Gasteiger partial charge in [-0.2, -0.15) is 0 Å². The topological polar surface area (TPSA) is 26.0 Å². The number of para-hydroxylation sites is 1. The fourth-order valence-electron chi connectivity index (χ4n) is 0.453. The number of hydrogen-bond acceptors (Lipinski definition) is 1. The Kier molecular flexibility index (Phi) is 6.16. The SMILES string of the molecule is CCC(C)C.Nc1ccccc1. The van der Waals surface area contributed by atoms with Gasteiger partial charge in [-0.05, 0) is 18.1 Å². The van der Waals surface area contributed by atoms with Gasteiger partial charge in [0.1, 0.15) is 0 Å². The summed E-state index contributed by atoms with van der Waals surface area (Å²) in [5.41, 5.74) is 6.18. The zero-order valence-corrected chi connectivity index (χ0v) is 8.25. The van der Waals surface area contributed by atoms with Gasteiger partial charge in [-0.1, -0.05) is 45.4 Å². The number of nitrogens with two attached hydrogens (primary N) is 1. The van der Waals surface area contributed by atoms with E-state index in [-0.39, 0.29) is 0 Å². The molecule has 0 spiro atoms. The van der Waals surface area contributed by atoms with Crippen molar-refractivity contribution < 1.29 is 0 Å². The maximum Gasteiger partial charge on any atom is 0.0313 e. The molecule has 0 bridgehead atoms. The molecule has 0 atom stereocenters. The Labute approximate surface area is 75.6 Å². The number of hydrogen-bond donors (Lipinski definition) is 1. The van der Waals surface area contributed by atoms with Crippen LogP contribution in [-0.4, -0.2) is 0 Å². The van der Waals surface area contributed by atoms with Gasteiger partial charge in [0.15, 0.2) is 0 Å². The molecule has 1 rings (SSSR count). The van der Waals surface area contributed by atoms with Crippen molar-refractivity contribution in [2.24, 2.45) is 5.92 Å². The standard InChI is InChI=1S/C6H7N.C5H12/c7-6-4-2-1-3-5-6;1-4-5(2)3/h1-5H,7H2;5H,4H2,1-3H3. The summed E-state index contributed by atoms with van der Waals surface area (Å²) in [6.45, 7) is 6.64. The third-order valence-electron chi connectivity index (χ3n) is 1.62. The Morgan fingerprint density at radius 1 is 1.17 bits per heavy atom. The van der Waals surface area contributed by atoms with Crippen LogP contribution in [0.3, 0.4) is 0 Å². The molecule has 0 aliphatic heterocycles. The first-order chi connectivity index (χ1) is 5.66. The van der Waals surface area contributed by atoms with E-state index in [1.165, 1.54) is 6.42 Å². The molecule has 1 nitrogen and oxygen atoms in total. The Morgan fingerprint density at radius 3 is 1.75 bits per heavy atom. The molecule has 0 aliphatic rings. The summed E-state index contributed by atoms with van der Waals surface area (Å²) >= 11 is 0. The largest absolute Gasteiger partial charge is 0.399 e. The third-order valence-corrected chi connectivity index (χ3v) is 1.62. The zero-order valence-electron chi connectivity index (χ0n) is 8.25. The van der Waals surface area contributed by atoms with Crippen molar-refractivity contribution in [2.75, 3.05) is 5.73 Å². The van der Waals surface area contributed by atoms with Crippen LogP contribution in [0.15, 0.2) is 30.3 Å². The molecule has 1 heteroatoms. The summed E-state index contributed by atoms with van der Waals surface area (Å²) < 4.78 is 0. The van der Waals surface area contributed by atoms with Crippen LogP contribution < -0.4 is 5.73 Å². The molecule has 68 valence electrons. The van der Waals surface area contributed by atoms with Crippen molar-refractivity contribution >= 4 is 5.69 Å². The Balaban J connectivity index is 0.000000217. The van der Waals surface area contributed by atoms with Crippen LogP contribution in [0.2, 0.25) is 0 Å². The van der Waals surface area contributed by atoms with E-state index in [0.29, 0.717) is 0 Å². The van der Waals surface area contributed by atoms with E-state index >= 15 is 0 Å². The van der Waals surface area contributed by atoms with E-state index < -0.39 is 0 Å². The van der Waals surface area contributed by atoms with Gasteiger partial charge in [0.2, 0.25) is 0 Å². The first kappa shape index (κ1) is 11.0. The van der Waals surface area contributed by atoms with Gasteiger partial charge in [0.25, 0.3) is 0 Å². The molecule has 0 aliphatic carbocycles. The van der Waals surface area contributed by atoms with E-state index in [9.17, 15) is 0 Å². The lowest BCUT2D eigenvalue weighted by molar-refractivity contribution is 0.626. The summed E-state index contributed by atoms with van der Waals surface area (Å²) in [6.07, 6.45) is 1.31. The summed E-state index contributed by atoms with van der Waals surface area (Å²) in [5.74, 6) is 0.884. The van der Waals surface area contributed by atoms with E-state index in [1.807, 2.05) is 30.3 Å². The second-order valence-electron chi connectivity index (χ2n) is 3.21. The third kappa shape index (κ3) is 7.13. The maximum atomic E-state index is 5.36. The fraction of sp³-hybridized carbons (Fsp3) is 0.455. The molecular weight excluding hydrogens is 146 g/mol. The fourth-order valence-corrected chi connectivity index (χ4v) is 0.453. The Hall–Kier alpha value is -0.980. The first-order valence-corrected chi connectivity index (χ1v) is 4.47. The van der Waals surface area contributed by atoms with Crippen molar-refractivity contribution in [2.45, 2.75) is 27.2 Å². The quantitative estimate of drug-likeness (QED) is 0.635. The zero-order chi connectivity index (χ0) is 9.40. The molecule has 0 radical (unpaired) electrons. The van der Waals surface area contributed by atoms with Crippen molar-refractivity contribution in [1.29, 1.82) is 0 Å². The molecule has 0 heterocycles. The van der Waals surface area contributed by atoms with Crippen molar-refractivity contribution in [1.82, 2.24) is 0 Å². The molecule has 0 fully saturated rings. The molecule has 0 saturated heterocycles. The van der Waals surface area contributed by atoms with Crippen LogP contribution in [-0.2, 0) is 0 Å². The van der Waals surface area contributed by atoms with E-state index in [1.54, 1.807) is 0 Å².